The van der Waals surface area contributed by atoms with Crippen molar-refractivity contribution in [3.63, 3.8) is 0 Å². The van der Waals surface area contributed by atoms with Gasteiger partial charge >= 0.3 is 0 Å². The van der Waals surface area contributed by atoms with Crippen LogP contribution in [0.25, 0.3) is 0 Å². The van der Waals surface area contributed by atoms with Gasteiger partial charge in [0.2, 0.25) is 0 Å². The third-order valence-electron chi connectivity index (χ3n) is 5.10. The third-order valence-corrected chi connectivity index (χ3v) is 5.10. The summed E-state index contributed by atoms with van der Waals surface area (Å²) in [5.74, 6) is 1.05. The van der Waals surface area contributed by atoms with Crippen molar-refractivity contribution in [3.05, 3.63) is 12.2 Å². The molecule has 2 saturated carbocycles. The molecule has 2 aliphatic rings. The summed E-state index contributed by atoms with van der Waals surface area (Å²) in [6.45, 7) is 2.21. The minimum atomic E-state index is 0.307. The zero-order valence-corrected chi connectivity index (χ0v) is 11.5. The second-order valence-electron chi connectivity index (χ2n) is 6.20. The molecule has 1 N–H and O–H groups in total. The molecule has 1 spiro atoms. The summed E-state index contributed by atoms with van der Waals surface area (Å²) in [4.78, 5) is 0. The maximum atomic E-state index is 4.21. The number of nitrogens with one attached hydrogen (secondary N) is 1. The second kappa shape index (κ2) is 4.65. The lowest BCUT2D eigenvalue weighted by Crippen LogP contribution is -2.54. The van der Waals surface area contributed by atoms with E-state index in [0.717, 1.165) is 5.82 Å². The fraction of sp³-hybridized carbons (Fsp3) is 0.857. The van der Waals surface area contributed by atoms with Gasteiger partial charge < -0.3 is 9.88 Å². The van der Waals surface area contributed by atoms with Gasteiger partial charge in [0.1, 0.15) is 12.2 Å². The van der Waals surface area contributed by atoms with Gasteiger partial charge in [0.15, 0.2) is 0 Å². The smallest absolute Gasteiger partial charge is 0.149 e. The van der Waals surface area contributed by atoms with E-state index in [2.05, 4.69) is 22.4 Å². The van der Waals surface area contributed by atoms with Crippen LogP contribution in [0.15, 0.2) is 6.33 Å². The number of aryl methyl sites for hydroxylation is 1. The van der Waals surface area contributed by atoms with E-state index in [0.29, 0.717) is 17.5 Å². The highest BCUT2D eigenvalue weighted by atomic mass is 15.3. The Morgan fingerprint density at radius 3 is 2.67 bits per heavy atom. The predicted molar refractivity (Wildman–Crippen MR) is 71.1 cm³/mol. The van der Waals surface area contributed by atoms with Crippen LogP contribution in [0.5, 0.6) is 0 Å². The molecule has 0 amide bonds. The molecule has 0 aromatic carbocycles. The highest BCUT2D eigenvalue weighted by Gasteiger charge is 2.47. The van der Waals surface area contributed by atoms with E-state index in [1.54, 1.807) is 6.33 Å². The predicted octanol–water partition coefficient (Wildman–Crippen LogP) is 2.58. The molecule has 2 aliphatic carbocycles. The number of rotatable bonds is 3. The van der Waals surface area contributed by atoms with Crippen LogP contribution in [0.3, 0.4) is 0 Å². The number of nitrogens with zero attached hydrogens (tertiary/aromatic N) is 3. The Morgan fingerprint density at radius 2 is 2.11 bits per heavy atom. The van der Waals surface area contributed by atoms with Gasteiger partial charge in [-0.1, -0.05) is 19.3 Å². The monoisotopic (exact) mass is 248 g/mol. The van der Waals surface area contributed by atoms with Gasteiger partial charge in [-0.05, 0) is 38.0 Å². The van der Waals surface area contributed by atoms with Gasteiger partial charge in [-0.3, -0.25) is 0 Å². The van der Waals surface area contributed by atoms with Gasteiger partial charge in [0.25, 0.3) is 0 Å². The van der Waals surface area contributed by atoms with Gasteiger partial charge in [-0.2, -0.15) is 0 Å². The zero-order valence-electron chi connectivity index (χ0n) is 11.5. The first-order chi connectivity index (χ1) is 8.71. The second-order valence-corrected chi connectivity index (χ2v) is 6.20. The number of hydrogen-bond acceptors (Lipinski definition) is 3. The van der Waals surface area contributed by atoms with E-state index < -0.39 is 0 Å². The van der Waals surface area contributed by atoms with E-state index in [1.165, 1.54) is 44.9 Å². The SMILES string of the molecule is CC(NC1CCC12CCCCC2)c1nncn1C. The normalized spacial score (nSPS) is 28.0. The molecule has 100 valence electrons. The first-order valence-electron chi connectivity index (χ1n) is 7.31. The number of aromatic nitrogens is 3. The van der Waals surface area contributed by atoms with Crippen molar-refractivity contribution in [2.24, 2.45) is 12.5 Å². The van der Waals surface area contributed by atoms with Crippen LogP contribution in [0.4, 0.5) is 0 Å². The van der Waals surface area contributed by atoms with Crippen LogP contribution in [0.2, 0.25) is 0 Å². The molecular formula is C14H24N4. The summed E-state index contributed by atoms with van der Waals surface area (Å²) in [5.41, 5.74) is 0.616. The minimum absolute atomic E-state index is 0.307. The van der Waals surface area contributed by atoms with Crippen molar-refractivity contribution in [1.29, 1.82) is 0 Å². The van der Waals surface area contributed by atoms with Crippen molar-refractivity contribution in [2.45, 2.75) is 64.0 Å². The lowest BCUT2D eigenvalue weighted by atomic mass is 9.57. The summed E-state index contributed by atoms with van der Waals surface area (Å²) in [6.07, 6.45) is 11.7. The minimum Gasteiger partial charge on any atom is -0.319 e. The van der Waals surface area contributed by atoms with Crippen molar-refractivity contribution in [3.8, 4) is 0 Å². The number of hydrogen-bond donors (Lipinski definition) is 1. The van der Waals surface area contributed by atoms with Crippen LogP contribution in [-0.2, 0) is 7.05 Å². The van der Waals surface area contributed by atoms with Gasteiger partial charge in [0.05, 0.1) is 6.04 Å². The summed E-state index contributed by atoms with van der Waals surface area (Å²) in [6, 6.07) is 1.01. The molecular weight excluding hydrogens is 224 g/mol. The third kappa shape index (κ3) is 1.96. The largest absolute Gasteiger partial charge is 0.319 e. The first kappa shape index (κ1) is 12.2. The fourth-order valence-electron chi connectivity index (χ4n) is 3.87. The van der Waals surface area contributed by atoms with E-state index in [9.17, 15) is 0 Å². The quantitative estimate of drug-likeness (QED) is 0.894. The van der Waals surface area contributed by atoms with Crippen LogP contribution in [0.1, 0.15) is 63.7 Å². The molecule has 3 rings (SSSR count). The molecule has 0 radical (unpaired) electrons. The maximum Gasteiger partial charge on any atom is 0.149 e. The van der Waals surface area contributed by atoms with Gasteiger partial charge in [-0.15, -0.1) is 10.2 Å². The summed E-state index contributed by atoms with van der Waals surface area (Å²) in [7, 11) is 2.02. The molecule has 4 nitrogen and oxygen atoms in total. The topological polar surface area (TPSA) is 42.7 Å². The molecule has 0 aliphatic heterocycles. The molecule has 18 heavy (non-hydrogen) atoms. The highest BCUT2D eigenvalue weighted by Crippen LogP contribution is 2.52. The van der Waals surface area contributed by atoms with E-state index in [1.807, 2.05) is 11.6 Å². The lowest BCUT2D eigenvalue weighted by molar-refractivity contribution is 0.0167. The average Bonchev–Trinajstić information content (AvgIpc) is 2.82. The molecule has 0 bridgehead atoms. The fourth-order valence-corrected chi connectivity index (χ4v) is 3.87. The van der Waals surface area contributed by atoms with E-state index in [4.69, 9.17) is 0 Å². The lowest BCUT2D eigenvalue weighted by Gasteiger charge is -2.53. The molecule has 2 unspecified atom stereocenters. The van der Waals surface area contributed by atoms with Crippen LogP contribution >= 0.6 is 0 Å². The highest BCUT2D eigenvalue weighted by molar-refractivity contribution is 5.04. The Bertz CT molecular complexity index is 406. The van der Waals surface area contributed by atoms with Crippen molar-refractivity contribution in [1.82, 2.24) is 20.1 Å². The van der Waals surface area contributed by atoms with Crippen LogP contribution < -0.4 is 5.32 Å². The Hall–Kier alpha value is -0.900. The molecule has 1 aromatic heterocycles. The average molecular weight is 248 g/mol. The molecule has 1 heterocycles. The zero-order chi connectivity index (χ0) is 12.6. The molecule has 2 fully saturated rings. The van der Waals surface area contributed by atoms with E-state index >= 15 is 0 Å². The summed E-state index contributed by atoms with van der Waals surface area (Å²) >= 11 is 0. The van der Waals surface area contributed by atoms with Crippen molar-refractivity contribution >= 4 is 0 Å². The van der Waals surface area contributed by atoms with Gasteiger partial charge in [0, 0.05) is 13.1 Å². The molecule has 0 saturated heterocycles. The Labute approximate surface area is 109 Å². The van der Waals surface area contributed by atoms with Crippen LogP contribution in [0, 0.1) is 5.41 Å². The maximum absolute atomic E-state index is 4.21. The first-order valence-corrected chi connectivity index (χ1v) is 7.31. The standard InChI is InChI=1S/C14H24N4/c1-11(13-17-15-10-18(13)2)16-12-6-9-14(12)7-4-3-5-8-14/h10-12,16H,3-9H2,1-2H3. The molecule has 2 atom stereocenters. The summed E-state index contributed by atoms with van der Waals surface area (Å²) < 4.78 is 2.02. The Kier molecular flexibility index (Phi) is 3.14. The Balaban J connectivity index is 1.64. The van der Waals surface area contributed by atoms with Crippen molar-refractivity contribution < 1.29 is 0 Å². The summed E-state index contributed by atoms with van der Waals surface area (Å²) in [5, 5.41) is 12.0. The molecule has 4 heteroatoms. The van der Waals surface area contributed by atoms with Gasteiger partial charge in [-0.25, -0.2) is 0 Å². The van der Waals surface area contributed by atoms with E-state index in [-0.39, 0.29) is 0 Å². The van der Waals surface area contributed by atoms with Crippen LogP contribution in [-0.4, -0.2) is 20.8 Å². The van der Waals surface area contributed by atoms with Crippen molar-refractivity contribution in [2.75, 3.05) is 0 Å². The molecule has 1 aromatic rings. The Morgan fingerprint density at radius 1 is 1.33 bits per heavy atom.